The van der Waals surface area contributed by atoms with Crippen LogP contribution in [0.25, 0.3) is 11.3 Å². The average molecular weight is 572 g/mol. The van der Waals surface area contributed by atoms with Gasteiger partial charge in [0.1, 0.15) is 0 Å². The lowest BCUT2D eigenvalue weighted by Gasteiger charge is -2.14. The van der Waals surface area contributed by atoms with Gasteiger partial charge >= 0.3 is 0 Å². The van der Waals surface area contributed by atoms with Gasteiger partial charge in [0.25, 0.3) is 5.91 Å². The lowest BCUT2D eigenvalue weighted by molar-refractivity contribution is -0.113. The summed E-state index contributed by atoms with van der Waals surface area (Å²) in [5.74, 6) is 0.400. The number of thiazole rings is 1. The summed E-state index contributed by atoms with van der Waals surface area (Å²) in [6.45, 7) is 3.79. The summed E-state index contributed by atoms with van der Waals surface area (Å²) in [6, 6.07) is 14.9. The van der Waals surface area contributed by atoms with Crippen molar-refractivity contribution >= 4 is 56.0 Å². The first-order valence-corrected chi connectivity index (χ1v) is 13.4. The number of amides is 2. The fraction of sp³-hybridized carbons (Fsp3) is 0.208. The number of hydrogen-bond acceptors (Lipinski definition) is 7. The van der Waals surface area contributed by atoms with E-state index in [2.05, 4.69) is 41.7 Å². The van der Waals surface area contributed by atoms with Crippen LogP contribution in [0.15, 0.2) is 63.5 Å². The Kier molecular flexibility index (Phi) is 7.99. The topological polar surface area (TPSA) is 102 Å². The molecule has 0 saturated carbocycles. The highest BCUT2D eigenvalue weighted by Crippen LogP contribution is 2.26. The molecular formula is C24H23BrN6O2S2. The maximum atomic E-state index is 12.6. The van der Waals surface area contributed by atoms with Gasteiger partial charge in [0.15, 0.2) is 16.1 Å². The molecule has 2 aromatic carbocycles. The molecule has 180 valence electrons. The lowest BCUT2D eigenvalue weighted by Crippen LogP contribution is -2.28. The second kappa shape index (κ2) is 11.1. The second-order valence-electron chi connectivity index (χ2n) is 7.85. The van der Waals surface area contributed by atoms with E-state index in [1.165, 1.54) is 23.1 Å². The number of thioether (sulfide) groups is 1. The number of aromatic nitrogens is 4. The number of nitrogens with one attached hydrogen (secondary N) is 2. The third kappa shape index (κ3) is 6.36. The first kappa shape index (κ1) is 25.1. The monoisotopic (exact) mass is 570 g/mol. The molecule has 0 aliphatic carbocycles. The minimum absolute atomic E-state index is 0.156. The van der Waals surface area contributed by atoms with E-state index in [1.54, 1.807) is 10.6 Å². The minimum Gasteiger partial charge on any atom is -0.342 e. The van der Waals surface area contributed by atoms with Crippen LogP contribution < -0.4 is 10.6 Å². The first-order valence-electron chi connectivity index (χ1n) is 10.7. The van der Waals surface area contributed by atoms with E-state index in [0.29, 0.717) is 21.7 Å². The zero-order valence-corrected chi connectivity index (χ0v) is 22.5. The Balaban J connectivity index is 1.32. The number of hydrogen-bond donors (Lipinski definition) is 2. The highest BCUT2D eigenvalue weighted by molar-refractivity contribution is 9.10. The Labute approximate surface area is 219 Å². The van der Waals surface area contributed by atoms with Crippen LogP contribution in [0.1, 0.15) is 34.7 Å². The van der Waals surface area contributed by atoms with E-state index in [1.807, 2.05) is 68.7 Å². The molecule has 4 rings (SSSR count). The molecular weight excluding hydrogens is 548 g/mol. The molecule has 35 heavy (non-hydrogen) atoms. The number of benzene rings is 2. The molecule has 4 aromatic rings. The zero-order chi connectivity index (χ0) is 24.9. The third-order valence-corrected chi connectivity index (χ3v) is 7.41. The van der Waals surface area contributed by atoms with Crippen LogP contribution in [-0.2, 0) is 11.8 Å². The van der Waals surface area contributed by atoms with Crippen LogP contribution in [0.2, 0.25) is 0 Å². The Morgan fingerprint density at radius 3 is 2.69 bits per heavy atom. The summed E-state index contributed by atoms with van der Waals surface area (Å²) in [7, 11) is 1.82. The Bertz CT molecular complexity index is 1350. The molecule has 1 atom stereocenters. The molecule has 2 heterocycles. The summed E-state index contributed by atoms with van der Waals surface area (Å²) in [4.78, 5) is 29.5. The number of aryl methyl sites for hydroxylation is 1. The van der Waals surface area contributed by atoms with Crippen molar-refractivity contribution in [2.75, 3.05) is 11.1 Å². The molecule has 2 aromatic heterocycles. The number of nitrogens with zero attached hydrogens (tertiary/aromatic N) is 4. The van der Waals surface area contributed by atoms with Crippen molar-refractivity contribution in [1.82, 2.24) is 25.1 Å². The SMILES string of the molecule is Cc1cccc(C(=O)N[C@H](C)c2nnc(SCC(=O)Nc3nc(-c4ccc(Br)cc4)cs3)n2C)c1. The molecule has 0 bridgehead atoms. The normalized spacial score (nSPS) is 11.8. The van der Waals surface area contributed by atoms with Gasteiger partial charge in [-0.25, -0.2) is 4.98 Å². The maximum Gasteiger partial charge on any atom is 0.251 e. The van der Waals surface area contributed by atoms with Crippen molar-refractivity contribution in [3.63, 3.8) is 0 Å². The van der Waals surface area contributed by atoms with Crippen molar-refractivity contribution in [2.45, 2.75) is 25.0 Å². The van der Waals surface area contributed by atoms with Gasteiger partial charge in [-0.1, -0.05) is 57.5 Å². The molecule has 2 N–H and O–H groups in total. The largest absolute Gasteiger partial charge is 0.342 e. The molecule has 0 aliphatic rings. The Hall–Kier alpha value is -3.02. The van der Waals surface area contributed by atoms with E-state index >= 15 is 0 Å². The summed E-state index contributed by atoms with van der Waals surface area (Å²) in [5, 5.41) is 17.2. The van der Waals surface area contributed by atoms with Crippen LogP contribution >= 0.6 is 39.0 Å². The standard InChI is InChI=1S/C24H23BrN6O2S2/c1-14-5-4-6-17(11-14)22(33)26-15(2)21-29-30-24(31(21)3)35-13-20(32)28-23-27-19(12-34-23)16-7-9-18(25)10-8-16/h4-12,15H,13H2,1-3H3,(H,26,33)(H,27,28,32)/t15-/m1/s1. The van der Waals surface area contributed by atoms with E-state index in [4.69, 9.17) is 0 Å². The summed E-state index contributed by atoms with van der Waals surface area (Å²) >= 11 is 6.07. The second-order valence-corrected chi connectivity index (χ2v) is 10.6. The third-order valence-electron chi connectivity index (χ3n) is 5.11. The van der Waals surface area contributed by atoms with Crippen LogP contribution in [0, 0.1) is 6.92 Å². The molecule has 2 amide bonds. The quantitative estimate of drug-likeness (QED) is 0.281. The Morgan fingerprint density at radius 2 is 1.94 bits per heavy atom. The molecule has 8 nitrogen and oxygen atoms in total. The fourth-order valence-electron chi connectivity index (χ4n) is 3.33. The van der Waals surface area contributed by atoms with E-state index in [0.717, 1.165) is 21.3 Å². The van der Waals surface area contributed by atoms with Crippen LogP contribution in [0.5, 0.6) is 0 Å². The molecule has 0 unspecified atom stereocenters. The maximum absolute atomic E-state index is 12.6. The van der Waals surface area contributed by atoms with Gasteiger partial charge in [-0.15, -0.1) is 21.5 Å². The summed E-state index contributed by atoms with van der Waals surface area (Å²) < 4.78 is 2.78. The summed E-state index contributed by atoms with van der Waals surface area (Å²) in [5.41, 5.74) is 3.40. The highest BCUT2D eigenvalue weighted by Gasteiger charge is 2.19. The molecule has 11 heteroatoms. The number of rotatable bonds is 8. The molecule has 0 radical (unpaired) electrons. The van der Waals surface area contributed by atoms with E-state index < -0.39 is 0 Å². The van der Waals surface area contributed by atoms with Crippen LogP contribution in [0.4, 0.5) is 5.13 Å². The van der Waals surface area contributed by atoms with Crippen molar-refractivity contribution in [3.05, 3.63) is 75.3 Å². The van der Waals surface area contributed by atoms with Gasteiger partial charge in [-0.3, -0.25) is 9.59 Å². The predicted octanol–water partition coefficient (Wildman–Crippen LogP) is 5.23. The van der Waals surface area contributed by atoms with Crippen LogP contribution in [0.3, 0.4) is 0 Å². The number of carbonyl (C=O) groups is 2. The van der Waals surface area contributed by atoms with Gasteiger partial charge in [-0.2, -0.15) is 0 Å². The number of anilines is 1. The lowest BCUT2D eigenvalue weighted by atomic mass is 10.1. The molecule has 0 spiro atoms. The Morgan fingerprint density at radius 1 is 1.17 bits per heavy atom. The number of carbonyl (C=O) groups excluding carboxylic acids is 2. The predicted molar refractivity (Wildman–Crippen MR) is 143 cm³/mol. The van der Waals surface area contributed by atoms with Crippen molar-refractivity contribution in [2.24, 2.45) is 7.05 Å². The van der Waals surface area contributed by atoms with Crippen molar-refractivity contribution in [1.29, 1.82) is 0 Å². The highest BCUT2D eigenvalue weighted by atomic mass is 79.9. The van der Waals surface area contributed by atoms with E-state index in [9.17, 15) is 9.59 Å². The van der Waals surface area contributed by atoms with Gasteiger partial charge < -0.3 is 15.2 Å². The first-order chi connectivity index (χ1) is 16.8. The fourth-order valence-corrected chi connectivity index (χ4v) is 5.05. The smallest absolute Gasteiger partial charge is 0.251 e. The zero-order valence-electron chi connectivity index (χ0n) is 19.3. The van der Waals surface area contributed by atoms with Gasteiger partial charge in [-0.05, 0) is 38.1 Å². The minimum atomic E-state index is -0.351. The van der Waals surface area contributed by atoms with Gasteiger partial charge in [0.05, 0.1) is 17.5 Å². The van der Waals surface area contributed by atoms with Crippen molar-refractivity contribution in [3.8, 4) is 11.3 Å². The van der Waals surface area contributed by atoms with Crippen LogP contribution in [-0.4, -0.2) is 37.3 Å². The van der Waals surface area contributed by atoms with Gasteiger partial charge in [0, 0.05) is 28.0 Å². The molecule has 0 aliphatic heterocycles. The van der Waals surface area contributed by atoms with Gasteiger partial charge in [0.2, 0.25) is 5.91 Å². The average Bonchev–Trinajstić information content (AvgIpc) is 3.44. The molecule has 0 saturated heterocycles. The van der Waals surface area contributed by atoms with Crippen molar-refractivity contribution < 1.29 is 9.59 Å². The summed E-state index contributed by atoms with van der Waals surface area (Å²) in [6.07, 6.45) is 0. The molecule has 0 fully saturated rings. The van der Waals surface area contributed by atoms with E-state index in [-0.39, 0.29) is 23.6 Å². The number of halogens is 1.